The largest absolute Gasteiger partial charge is 0.444 e. The van der Waals surface area contributed by atoms with E-state index < -0.39 is 11.7 Å². The molecule has 0 aromatic carbocycles. The van der Waals surface area contributed by atoms with Crippen molar-refractivity contribution in [3.8, 4) is 0 Å². The van der Waals surface area contributed by atoms with Crippen LogP contribution in [0.4, 0.5) is 4.79 Å². The number of nitrogens with one attached hydrogen (secondary N) is 1. The molecule has 0 bridgehead atoms. The Labute approximate surface area is 128 Å². The van der Waals surface area contributed by atoms with Gasteiger partial charge in [0.15, 0.2) is 0 Å². The van der Waals surface area contributed by atoms with Gasteiger partial charge in [-0.05, 0) is 39.7 Å². The van der Waals surface area contributed by atoms with Crippen molar-refractivity contribution >= 4 is 6.09 Å². The minimum Gasteiger partial charge on any atom is -0.444 e. The van der Waals surface area contributed by atoms with Crippen molar-refractivity contribution in [2.45, 2.75) is 51.9 Å². The third-order valence-corrected chi connectivity index (χ3v) is 3.89. The van der Waals surface area contributed by atoms with E-state index in [-0.39, 0.29) is 12.1 Å². The molecule has 6 nitrogen and oxygen atoms in total. The number of hydrogen-bond donors (Lipinski definition) is 2. The number of rotatable bonds is 5. The van der Waals surface area contributed by atoms with Gasteiger partial charge in [0.1, 0.15) is 5.60 Å². The summed E-state index contributed by atoms with van der Waals surface area (Å²) in [4.78, 5) is 14.0. The molecule has 3 unspecified atom stereocenters. The van der Waals surface area contributed by atoms with Gasteiger partial charge < -0.3 is 20.5 Å². The number of alkyl carbamates (subject to hydrolysis) is 1. The number of methoxy groups -OCH3 is 1. The number of carbonyl (C=O) groups excluding carboxylic acids is 1. The van der Waals surface area contributed by atoms with Gasteiger partial charge in [-0.2, -0.15) is 0 Å². The van der Waals surface area contributed by atoms with E-state index in [0.29, 0.717) is 19.0 Å². The molecule has 1 fully saturated rings. The SMILES string of the molecule is COC1CN(C(CN)CNC(=O)OC(C)(C)C)CCC1C. The second-order valence-electron chi connectivity index (χ2n) is 6.81. The highest BCUT2D eigenvalue weighted by molar-refractivity contribution is 5.67. The van der Waals surface area contributed by atoms with E-state index in [2.05, 4.69) is 17.1 Å². The summed E-state index contributed by atoms with van der Waals surface area (Å²) in [5.74, 6) is 0.559. The number of nitrogens with zero attached hydrogens (tertiary/aromatic N) is 1. The highest BCUT2D eigenvalue weighted by Gasteiger charge is 2.30. The van der Waals surface area contributed by atoms with Crippen LogP contribution >= 0.6 is 0 Å². The van der Waals surface area contributed by atoms with Crippen molar-refractivity contribution in [1.29, 1.82) is 0 Å². The van der Waals surface area contributed by atoms with Crippen molar-refractivity contribution in [2.24, 2.45) is 11.7 Å². The molecule has 1 heterocycles. The third kappa shape index (κ3) is 6.20. The predicted molar refractivity (Wildman–Crippen MR) is 83.2 cm³/mol. The number of nitrogens with two attached hydrogens (primary N) is 1. The van der Waals surface area contributed by atoms with Gasteiger partial charge in [0.05, 0.1) is 6.10 Å². The quantitative estimate of drug-likeness (QED) is 0.798. The van der Waals surface area contributed by atoms with Gasteiger partial charge >= 0.3 is 6.09 Å². The summed E-state index contributed by atoms with van der Waals surface area (Å²) in [7, 11) is 1.75. The van der Waals surface area contributed by atoms with Crippen molar-refractivity contribution < 1.29 is 14.3 Å². The summed E-state index contributed by atoms with van der Waals surface area (Å²) in [5, 5.41) is 2.81. The monoisotopic (exact) mass is 301 g/mol. The van der Waals surface area contributed by atoms with Crippen LogP contribution in [0.25, 0.3) is 0 Å². The fraction of sp³-hybridized carbons (Fsp3) is 0.933. The Morgan fingerprint density at radius 1 is 1.48 bits per heavy atom. The average molecular weight is 301 g/mol. The highest BCUT2D eigenvalue weighted by Crippen LogP contribution is 2.20. The lowest BCUT2D eigenvalue weighted by Crippen LogP contribution is -2.54. The summed E-state index contributed by atoms with van der Waals surface area (Å²) in [5.41, 5.74) is 5.38. The van der Waals surface area contributed by atoms with Crippen LogP contribution in [0.5, 0.6) is 0 Å². The van der Waals surface area contributed by atoms with E-state index in [9.17, 15) is 4.79 Å². The maximum Gasteiger partial charge on any atom is 0.407 e. The Balaban J connectivity index is 2.46. The van der Waals surface area contributed by atoms with Crippen LogP contribution in [-0.4, -0.2) is 62.0 Å². The van der Waals surface area contributed by atoms with E-state index in [0.717, 1.165) is 19.5 Å². The van der Waals surface area contributed by atoms with Crippen LogP contribution in [0, 0.1) is 5.92 Å². The molecule has 3 atom stereocenters. The molecule has 0 saturated carbocycles. The minimum absolute atomic E-state index is 0.114. The summed E-state index contributed by atoms with van der Waals surface area (Å²) >= 11 is 0. The molecule has 0 aliphatic carbocycles. The highest BCUT2D eigenvalue weighted by atomic mass is 16.6. The molecule has 21 heavy (non-hydrogen) atoms. The standard InChI is InChI=1S/C15H31N3O3/c1-11-6-7-18(10-13(11)20-5)12(8-16)9-17-14(19)21-15(2,3)4/h11-13H,6-10,16H2,1-5H3,(H,17,19). The van der Waals surface area contributed by atoms with E-state index in [1.54, 1.807) is 7.11 Å². The van der Waals surface area contributed by atoms with Gasteiger partial charge in [-0.15, -0.1) is 0 Å². The van der Waals surface area contributed by atoms with E-state index in [1.807, 2.05) is 20.8 Å². The summed E-state index contributed by atoms with van der Waals surface area (Å²) < 4.78 is 10.8. The average Bonchev–Trinajstić information content (AvgIpc) is 2.39. The number of ether oxygens (including phenoxy) is 2. The molecule has 0 spiro atoms. The van der Waals surface area contributed by atoms with Crippen molar-refractivity contribution in [3.05, 3.63) is 0 Å². The van der Waals surface area contributed by atoms with Crippen LogP contribution in [0.2, 0.25) is 0 Å². The molecule has 0 aromatic rings. The molecule has 0 radical (unpaired) electrons. The first-order chi connectivity index (χ1) is 9.76. The van der Waals surface area contributed by atoms with Gasteiger partial charge in [0, 0.05) is 32.8 Å². The van der Waals surface area contributed by atoms with Gasteiger partial charge in [-0.25, -0.2) is 4.79 Å². The fourth-order valence-electron chi connectivity index (χ4n) is 2.57. The first-order valence-corrected chi connectivity index (χ1v) is 7.70. The molecule has 6 heteroatoms. The van der Waals surface area contributed by atoms with Crippen LogP contribution < -0.4 is 11.1 Å². The molecule has 1 amide bonds. The maximum atomic E-state index is 11.7. The normalized spacial score (nSPS) is 25.4. The van der Waals surface area contributed by atoms with Gasteiger partial charge in [0.2, 0.25) is 0 Å². The summed E-state index contributed by atoms with van der Waals surface area (Å²) in [6.45, 7) is 10.6. The number of likely N-dealkylation sites (tertiary alicyclic amines) is 1. The second kappa shape index (κ2) is 7.96. The van der Waals surface area contributed by atoms with Crippen LogP contribution in [0.3, 0.4) is 0 Å². The van der Waals surface area contributed by atoms with Crippen LogP contribution in [0.1, 0.15) is 34.1 Å². The summed E-state index contributed by atoms with van der Waals surface area (Å²) in [6.07, 6.45) is 0.922. The fourth-order valence-corrected chi connectivity index (χ4v) is 2.57. The van der Waals surface area contributed by atoms with Crippen molar-refractivity contribution in [3.63, 3.8) is 0 Å². The Kier molecular flexibility index (Phi) is 6.90. The van der Waals surface area contributed by atoms with Crippen molar-refractivity contribution in [2.75, 3.05) is 33.3 Å². The first-order valence-electron chi connectivity index (χ1n) is 7.70. The smallest absolute Gasteiger partial charge is 0.407 e. The number of piperidine rings is 1. The Hall–Kier alpha value is -0.850. The molecule has 1 aliphatic rings. The van der Waals surface area contributed by atoms with Gasteiger partial charge in [-0.1, -0.05) is 6.92 Å². The number of amides is 1. The zero-order valence-corrected chi connectivity index (χ0v) is 14.0. The molecular weight excluding hydrogens is 270 g/mol. The summed E-state index contributed by atoms with van der Waals surface area (Å²) in [6, 6.07) is 0.114. The zero-order valence-electron chi connectivity index (χ0n) is 14.0. The van der Waals surface area contributed by atoms with Gasteiger partial charge in [-0.3, -0.25) is 4.90 Å². The van der Waals surface area contributed by atoms with Crippen molar-refractivity contribution in [1.82, 2.24) is 10.2 Å². The molecule has 3 N–H and O–H groups in total. The van der Waals surface area contributed by atoms with E-state index in [4.69, 9.17) is 15.2 Å². The molecule has 1 saturated heterocycles. The molecule has 1 aliphatic heterocycles. The van der Waals surface area contributed by atoms with Crippen LogP contribution in [0.15, 0.2) is 0 Å². The van der Waals surface area contributed by atoms with Gasteiger partial charge in [0.25, 0.3) is 0 Å². The van der Waals surface area contributed by atoms with Crippen LogP contribution in [-0.2, 0) is 9.47 Å². The molecule has 0 aromatic heterocycles. The number of carbonyl (C=O) groups is 1. The lowest BCUT2D eigenvalue weighted by molar-refractivity contribution is -0.0181. The number of hydrogen-bond acceptors (Lipinski definition) is 5. The molecule has 124 valence electrons. The first kappa shape index (κ1) is 18.2. The lowest BCUT2D eigenvalue weighted by Gasteiger charge is -2.40. The Morgan fingerprint density at radius 3 is 2.67 bits per heavy atom. The lowest BCUT2D eigenvalue weighted by atomic mass is 9.94. The second-order valence-corrected chi connectivity index (χ2v) is 6.81. The molecular formula is C15H31N3O3. The zero-order chi connectivity index (χ0) is 16.0. The Morgan fingerprint density at radius 2 is 2.14 bits per heavy atom. The predicted octanol–water partition coefficient (Wildman–Crippen LogP) is 1.20. The third-order valence-electron chi connectivity index (χ3n) is 3.89. The Bertz CT molecular complexity index is 331. The maximum absolute atomic E-state index is 11.7. The van der Waals surface area contributed by atoms with E-state index >= 15 is 0 Å². The molecule has 1 rings (SSSR count). The van der Waals surface area contributed by atoms with E-state index in [1.165, 1.54) is 0 Å². The minimum atomic E-state index is -0.482. The topological polar surface area (TPSA) is 76.8 Å².